The van der Waals surface area contributed by atoms with Crippen LogP contribution in [0.1, 0.15) is 37.3 Å². The lowest BCUT2D eigenvalue weighted by atomic mass is 9.94. The molecule has 2 N–H and O–H groups in total. The summed E-state index contributed by atoms with van der Waals surface area (Å²) in [7, 11) is 0. The minimum absolute atomic E-state index is 0.413. The quantitative estimate of drug-likeness (QED) is 0.822. The predicted molar refractivity (Wildman–Crippen MR) is 70.5 cm³/mol. The summed E-state index contributed by atoms with van der Waals surface area (Å²) in [6, 6.07) is 10.7. The van der Waals surface area contributed by atoms with Crippen molar-refractivity contribution in [1.82, 2.24) is 4.90 Å². The zero-order chi connectivity index (χ0) is 12.1. The minimum Gasteiger partial charge on any atom is -0.491 e. The molecular weight excluding hydrogens is 224 g/mol. The summed E-state index contributed by atoms with van der Waals surface area (Å²) in [5, 5.41) is 0. The topological polar surface area (TPSA) is 38.5 Å². The highest BCUT2D eigenvalue weighted by Crippen LogP contribution is 2.45. The van der Waals surface area contributed by atoms with Crippen molar-refractivity contribution in [3.05, 3.63) is 29.8 Å². The van der Waals surface area contributed by atoms with Gasteiger partial charge in [0.05, 0.1) is 6.04 Å². The van der Waals surface area contributed by atoms with E-state index in [-0.39, 0.29) is 0 Å². The minimum atomic E-state index is 0.413. The van der Waals surface area contributed by atoms with Crippen molar-refractivity contribution in [1.29, 1.82) is 0 Å². The van der Waals surface area contributed by atoms with Gasteiger partial charge in [-0.05, 0) is 31.7 Å². The first-order valence-electron chi connectivity index (χ1n) is 7.07. The number of ether oxygens (including phenoxy) is 1. The van der Waals surface area contributed by atoms with Crippen LogP contribution in [0.3, 0.4) is 0 Å². The second kappa shape index (κ2) is 3.97. The van der Waals surface area contributed by atoms with Gasteiger partial charge in [-0.2, -0.15) is 0 Å². The van der Waals surface area contributed by atoms with Crippen LogP contribution < -0.4 is 10.5 Å². The van der Waals surface area contributed by atoms with Gasteiger partial charge < -0.3 is 10.5 Å². The summed E-state index contributed by atoms with van der Waals surface area (Å²) in [6.07, 6.45) is 4.96. The predicted octanol–water partition coefficient (Wildman–Crippen LogP) is 2.07. The summed E-state index contributed by atoms with van der Waals surface area (Å²) in [5.74, 6) is 1.08. The van der Waals surface area contributed by atoms with Crippen LogP contribution in [-0.4, -0.2) is 29.6 Å². The SMILES string of the molecule is NC1CC2CCC(C1)N2C1COc2ccccc21. The molecule has 2 bridgehead atoms. The maximum Gasteiger partial charge on any atom is 0.124 e. The number of nitrogens with two attached hydrogens (primary N) is 1. The molecule has 0 spiro atoms. The second-order valence-corrected chi connectivity index (χ2v) is 5.93. The lowest BCUT2D eigenvalue weighted by molar-refractivity contribution is 0.0648. The molecule has 1 aromatic rings. The van der Waals surface area contributed by atoms with E-state index in [0.717, 1.165) is 25.2 Å². The molecule has 0 saturated carbocycles. The molecule has 1 aromatic carbocycles. The van der Waals surface area contributed by atoms with Crippen LogP contribution in [-0.2, 0) is 0 Å². The monoisotopic (exact) mass is 244 g/mol. The van der Waals surface area contributed by atoms with Gasteiger partial charge in [-0.1, -0.05) is 18.2 Å². The number of para-hydroxylation sites is 1. The Morgan fingerprint density at radius 3 is 2.61 bits per heavy atom. The Kier molecular flexibility index (Phi) is 2.39. The normalized spacial score (nSPS) is 38.5. The Balaban J connectivity index is 1.66. The summed E-state index contributed by atoms with van der Waals surface area (Å²) in [5.41, 5.74) is 7.53. The molecule has 4 rings (SSSR count). The average Bonchev–Trinajstić information content (AvgIpc) is 2.89. The van der Waals surface area contributed by atoms with E-state index < -0.39 is 0 Å². The molecule has 3 aliphatic heterocycles. The highest BCUT2D eigenvalue weighted by Gasteiger charge is 2.45. The Labute approximate surface area is 108 Å². The summed E-state index contributed by atoms with van der Waals surface area (Å²) < 4.78 is 5.84. The Hall–Kier alpha value is -1.06. The molecule has 0 amide bonds. The van der Waals surface area contributed by atoms with Crippen molar-refractivity contribution in [2.24, 2.45) is 5.73 Å². The Morgan fingerprint density at radius 1 is 1.11 bits per heavy atom. The largest absolute Gasteiger partial charge is 0.491 e. The number of hydrogen-bond donors (Lipinski definition) is 1. The van der Waals surface area contributed by atoms with E-state index in [2.05, 4.69) is 29.2 Å². The molecular formula is C15H20N2O. The Bertz CT molecular complexity index is 448. The van der Waals surface area contributed by atoms with E-state index in [9.17, 15) is 0 Å². The van der Waals surface area contributed by atoms with E-state index in [1.54, 1.807) is 0 Å². The van der Waals surface area contributed by atoms with Crippen LogP contribution in [0, 0.1) is 0 Å². The van der Waals surface area contributed by atoms with Gasteiger partial charge in [-0.15, -0.1) is 0 Å². The van der Waals surface area contributed by atoms with E-state index in [1.165, 1.54) is 18.4 Å². The van der Waals surface area contributed by atoms with Crippen LogP contribution in [0.25, 0.3) is 0 Å². The van der Waals surface area contributed by atoms with Crippen LogP contribution in [0.5, 0.6) is 5.75 Å². The van der Waals surface area contributed by atoms with Crippen molar-refractivity contribution in [2.45, 2.75) is 49.9 Å². The first-order valence-corrected chi connectivity index (χ1v) is 7.07. The molecule has 18 heavy (non-hydrogen) atoms. The van der Waals surface area contributed by atoms with Crippen molar-refractivity contribution < 1.29 is 4.74 Å². The third-order valence-corrected chi connectivity index (χ3v) is 4.86. The van der Waals surface area contributed by atoms with Gasteiger partial charge in [-0.3, -0.25) is 4.90 Å². The number of piperidine rings is 1. The fourth-order valence-electron chi connectivity index (χ4n) is 4.16. The van der Waals surface area contributed by atoms with Crippen molar-refractivity contribution in [2.75, 3.05) is 6.61 Å². The molecule has 96 valence electrons. The highest BCUT2D eigenvalue weighted by atomic mass is 16.5. The number of benzene rings is 1. The van der Waals surface area contributed by atoms with Crippen molar-refractivity contribution >= 4 is 0 Å². The van der Waals surface area contributed by atoms with Gasteiger partial charge in [0.1, 0.15) is 12.4 Å². The number of rotatable bonds is 1. The second-order valence-electron chi connectivity index (χ2n) is 5.93. The summed E-state index contributed by atoms with van der Waals surface area (Å²) in [4.78, 5) is 2.70. The van der Waals surface area contributed by atoms with Crippen LogP contribution in [0.4, 0.5) is 0 Å². The van der Waals surface area contributed by atoms with Crippen LogP contribution in [0.2, 0.25) is 0 Å². The van der Waals surface area contributed by atoms with Crippen LogP contribution >= 0.6 is 0 Å². The van der Waals surface area contributed by atoms with Crippen molar-refractivity contribution in [3.63, 3.8) is 0 Å². The maximum atomic E-state index is 6.15. The van der Waals surface area contributed by atoms with Gasteiger partial charge in [0.2, 0.25) is 0 Å². The van der Waals surface area contributed by atoms with Gasteiger partial charge >= 0.3 is 0 Å². The lowest BCUT2D eigenvalue weighted by Gasteiger charge is -2.41. The zero-order valence-corrected chi connectivity index (χ0v) is 10.6. The van der Waals surface area contributed by atoms with E-state index in [0.29, 0.717) is 24.2 Å². The fourth-order valence-corrected chi connectivity index (χ4v) is 4.16. The zero-order valence-electron chi connectivity index (χ0n) is 10.6. The maximum absolute atomic E-state index is 6.15. The average molecular weight is 244 g/mol. The van der Waals surface area contributed by atoms with Gasteiger partial charge in [0.15, 0.2) is 0 Å². The third kappa shape index (κ3) is 1.50. The van der Waals surface area contributed by atoms with Crippen LogP contribution in [0.15, 0.2) is 24.3 Å². The molecule has 3 unspecified atom stereocenters. The lowest BCUT2D eigenvalue weighted by Crippen LogP contribution is -2.49. The molecule has 0 aromatic heterocycles. The standard InChI is InChI=1S/C15H20N2O/c16-10-7-11-5-6-12(8-10)17(11)14-9-18-15-4-2-1-3-13(14)15/h1-4,10-12,14H,5-9,16H2. The molecule has 0 radical (unpaired) electrons. The molecule has 3 heteroatoms. The smallest absolute Gasteiger partial charge is 0.124 e. The van der Waals surface area contributed by atoms with Gasteiger partial charge in [0.25, 0.3) is 0 Å². The van der Waals surface area contributed by atoms with Gasteiger partial charge in [0, 0.05) is 23.7 Å². The summed E-state index contributed by atoms with van der Waals surface area (Å²) in [6.45, 7) is 0.821. The van der Waals surface area contributed by atoms with Crippen molar-refractivity contribution in [3.8, 4) is 5.75 Å². The molecule has 3 heterocycles. The molecule has 3 aliphatic rings. The first kappa shape index (κ1) is 10.8. The third-order valence-electron chi connectivity index (χ3n) is 4.86. The molecule has 2 saturated heterocycles. The summed E-state index contributed by atoms with van der Waals surface area (Å²) >= 11 is 0. The molecule has 0 aliphatic carbocycles. The molecule has 3 atom stereocenters. The van der Waals surface area contributed by atoms with E-state index in [1.807, 2.05) is 0 Å². The van der Waals surface area contributed by atoms with Gasteiger partial charge in [-0.25, -0.2) is 0 Å². The van der Waals surface area contributed by atoms with E-state index in [4.69, 9.17) is 10.5 Å². The first-order chi connectivity index (χ1) is 8.83. The fraction of sp³-hybridized carbons (Fsp3) is 0.600. The number of fused-ring (bicyclic) bond motifs is 3. The molecule has 2 fully saturated rings. The van der Waals surface area contributed by atoms with E-state index >= 15 is 0 Å². The molecule has 3 nitrogen and oxygen atoms in total. The number of nitrogens with zero attached hydrogens (tertiary/aromatic N) is 1. The highest BCUT2D eigenvalue weighted by molar-refractivity contribution is 5.39. The Morgan fingerprint density at radius 2 is 1.83 bits per heavy atom. The number of hydrogen-bond acceptors (Lipinski definition) is 3.